The van der Waals surface area contributed by atoms with Crippen LogP contribution in [-0.4, -0.2) is 11.2 Å². The second kappa shape index (κ2) is 4.97. The lowest BCUT2D eigenvalue weighted by atomic mass is 9.50. The molecule has 0 spiro atoms. The number of hydrogen-bond acceptors (Lipinski definition) is 1. The third-order valence-electron chi connectivity index (χ3n) is 8.23. The van der Waals surface area contributed by atoms with E-state index in [0.717, 1.165) is 30.6 Å². The van der Waals surface area contributed by atoms with Gasteiger partial charge in [0.15, 0.2) is 0 Å². The predicted molar refractivity (Wildman–Crippen MR) is 91.5 cm³/mol. The summed E-state index contributed by atoms with van der Waals surface area (Å²) in [6, 6.07) is 0. The molecule has 0 saturated heterocycles. The zero-order valence-corrected chi connectivity index (χ0v) is 14.6. The maximum atomic E-state index is 10.1. The van der Waals surface area contributed by atoms with Crippen LogP contribution in [0.25, 0.3) is 0 Å². The van der Waals surface area contributed by atoms with Gasteiger partial charge in [0.2, 0.25) is 0 Å². The first-order valence-corrected chi connectivity index (χ1v) is 9.58. The largest absolute Gasteiger partial charge is 0.393 e. The normalized spacial score (nSPS) is 50.5. The molecule has 0 aliphatic heterocycles. The maximum Gasteiger partial charge on any atom is 0.0578 e. The molecule has 0 aromatic heterocycles. The van der Waals surface area contributed by atoms with Crippen molar-refractivity contribution in [2.75, 3.05) is 0 Å². The Balaban J connectivity index is 1.71. The first-order valence-electron chi connectivity index (χ1n) is 9.58. The van der Waals surface area contributed by atoms with E-state index in [9.17, 15) is 5.11 Å². The molecule has 4 aliphatic rings. The van der Waals surface area contributed by atoms with Crippen molar-refractivity contribution in [3.05, 3.63) is 23.3 Å². The molecule has 22 heavy (non-hydrogen) atoms. The molecule has 122 valence electrons. The van der Waals surface area contributed by atoms with Crippen LogP contribution >= 0.6 is 0 Å². The highest BCUT2D eigenvalue weighted by Crippen LogP contribution is 2.65. The van der Waals surface area contributed by atoms with E-state index in [1.165, 1.54) is 44.1 Å². The fourth-order valence-electron chi connectivity index (χ4n) is 6.76. The van der Waals surface area contributed by atoms with Gasteiger partial charge < -0.3 is 5.11 Å². The van der Waals surface area contributed by atoms with Crippen LogP contribution in [0, 0.1) is 28.6 Å². The summed E-state index contributed by atoms with van der Waals surface area (Å²) < 4.78 is 0. The van der Waals surface area contributed by atoms with E-state index >= 15 is 0 Å². The topological polar surface area (TPSA) is 20.2 Å². The Kier molecular flexibility index (Phi) is 3.39. The summed E-state index contributed by atoms with van der Waals surface area (Å²) in [4.78, 5) is 0. The van der Waals surface area contributed by atoms with Crippen molar-refractivity contribution in [2.45, 2.75) is 78.2 Å². The van der Waals surface area contributed by atoms with Gasteiger partial charge in [0.1, 0.15) is 0 Å². The zero-order chi connectivity index (χ0) is 15.5. The van der Waals surface area contributed by atoms with Gasteiger partial charge in [-0.05, 0) is 73.5 Å². The molecule has 1 N–H and O–H groups in total. The van der Waals surface area contributed by atoms with Gasteiger partial charge in [0.25, 0.3) is 0 Å². The lowest BCUT2D eigenvalue weighted by molar-refractivity contribution is 0.0442. The number of fused-ring (bicyclic) bond motifs is 5. The van der Waals surface area contributed by atoms with Crippen molar-refractivity contribution in [1.29, 1.82) is 0 Å². The molecule has 4 aliphatic carbocycles. The van der Waals surface area contributed by atoms with E-state index in [-0.39, 0.29) is 6.10 Å². The minimum Gasteiger partial charge on any atom is -0.393 e. The standard InChI is InChI=1S/C21H32O/c1-4-14-6-8-18-17-7-5-15-13-16(22)9-11-21(15,3)19(17)10-12-20(14,18)2/h5,7,14,16,18-19,22H,4,6,8-13H2,1-3H3/t14-,16-,18-,19-,20+,21-/m0/s1. The van der Waals surface area contributed by atoms with Crippen LogP contribution < -0.4 is 0 Å². The Morgan fingerprint density at radius 3 is 2.64 bits per heavy atom. The van der Waals surface area contributed by atoms with Crippen molar-refractivity contribution in [1.82, 2.24) is 0 Å². The number of hydrogen-bond donors (Lipinski definition) is 1. The van der Waals surface area contributed by atoms with Gasteiger partial charge in [0, 0.05) is 0 Å². The number of aliphatic hydroxyl groups is 1. The summed E-state index contributed by atoms with van der Waals surface area (Å²) in [6.45, 7) is 7.47. The molecule has 0 aromatic rings. The van der Waals surface area contributed by atoms with Gasteiger partial charge in [-0.15, -0.1) is 0 Å². The Hall–Kier alpha value is -0.560. The molecule has 0 radical (unpaired) electrons. The van der Waals surface area contributed by atoms with Gasteiger partial charge in [0.05, 0.1) is 6.10 Å². The maximum absolute atomic E-state index is 10.1. The smallest absolute Gasteiger partial charge is 0.0578 e. The van der Waals surface area contributed by atoms with Gasteiger partial charge in [-0.1, -0.05) is 50.5 Å². The van der Waals surface area contributed by atoms with Crippen LogP contribution in [0.2, 0.25) is 0 Å². The Morgan fingerprint density at radius 2 is 1.86 bits per heavy atom. The van der Waals surface area contributed by atoms with Crippen LogP contribution in [0.5, 0.6) is 0 Å². The molecule has 1 heteroatoms. The Morgan fingerprint density at radius 1 is 1.05 bits per heavy atom. The van der Waals surface area contributed by atoms with Crippen LogP contribution in [0.4, 0.5) is 0 Å². The molecule has 0 bridgehead atoms. The van der Waals surface area contributed by atoms with E-state index in [0.29, 0.717) is 10.8 Å². The minimum absolute atomic E-state index is 0.0981. The van der Waals surface area contributed by atoms with Gasteiger partial charge in [-0.2, -0.15) is 0 Å². The molecule has 3 saturated carbocycles. The average molecular weight is 300 g/mol. The van der Waals surface area contributed by atoms with E-state index in [1.54, 1.807) is 5.57 Å². The fraction of sp³-hybridized carbons (Fsp3) is 0.810. The fourth-order valence-corrected chi connectivity index (χ4v) is 6.76. The van der Waals surface area contributed by atoms with E-state index < -0.39 is 0 Å². The third kappa shape index (κ3) is 1.87. The molecule has 0 heterocycles. The van der Waals surface area contributed by atoms with Gasteiger partial charge in [-0.25, -0.2) is 0 Å². The molecule has 1 nitrogen and oxygen atoms in total. The lowest BCUT2D eigenvalue weighted by Gasteiger charge is -2.54. The van der Waals surface area contributed by atoms with Gasteiger partial charge >= 0.3 is 0 Å². The molecule has 0 aromatic carbocycles. The second-order valence-electron chi connectivity index (χ2n) is 9.00. The van der Waals surface area contributed by atoms with E-state index in [2.05, 4.69) is 32.9 Å². The molecule has 6 atom stereocenters. The number of allylic oxidation sites excluding steroid dienone is 3. The first kappa shape index (κ1) is 15.0. The highest BCUT2D eigenvalue weighted by molar-refractivity contribution is 5.38. The minimum atomic E-state index is -0.0981. The molecular formula is C21H32O. The van der Waals surface area contributed by atoms with Crippen LogP contribution in [0.15, 0.2) is 23.3 Å². The summed E-state index contributed by atoms with van der Waals surface area (Å²) in [5.41, 5.74) is 4.23. The lowest BCUT2D eigenvalue weighted by Crippen LogP contribution is -2.45. The highest BCUT2D eigenvalue weighted by atomic mass is 16.3. The summed E-state index contributed by atoms with van der Waals surface area (Å²) in [5.74, 6) is 2.53. The van der Waals surface area contributed by atoms with E-state index in [1.807, 2.05) is 0 Å². The molecule has 4 rings (SSSR count). The second-order valence-corrected chi connectivity index (χ2v) is 9.00. The van der Waals surface area contributed by atoms with Crippen LogP contribution in [0.1, 0.15) is 72.1 Å². The summed E-state index contributed by atoms with van der Waals surface area (Å²) >= 11 is 0. The van der Waals surface area contributed by atoms with Crippen molar-refractivity contribution in [3.8, 4) is 0 Å². The summed E-state index contributed by atoms with van der Waals surface area (Å²) in [6.07, 6.45) is 14.9. The number of rotatable bonds is 1. The van der Waals surface area contributed by atoms with Crippen molar-refractivity contribution in [2.24, 2.45) is 28.6 Å². The summed E-state index contributed by atoms with van der Waals surface area (Å²) in [7, 11) is 0. The van der Waals surface area contributed by atoms with Gasteiger partial charge in [-0.3, -0.25) is 0 Å². The molecule has 3 fully saturated rings. The SMILES string of the molecule is CC[C@H]1CC[C@H]2C3=CC=C4C[C@@H](O)CC[C@]4(C)[C@H]3CC[C@]12C. The molecular weight excluding hydrogens is 268 g/mol. The van der Waals surface area contributed by atoms with Crippen LogP contribution in [-0.2, 0) is 0 Å². The Labute approximate surface area is 135 Å². The highest BCUT2D eigenvalue weighted by Gasteiger charge is 2.55. The first-order chi connectivity index (χ1) is 10.5. The molecule has 0 amide bonds. The average Bonchev–Trinajstić information content (AvgIpc) is 2.84. The third-order valence-corrected chi connectivity index (χ3v) is 8.23. The zero-order valence-electron chi connectivity index (χ0n) is 14.6. The van der Waals surface area contributed by atoms with Crippen molar-refractivity contribution in [3.63, 3.8) is 0 Å². The van der Waals surface area contributed by atoms with Crippen molar-refractivity contribution < 1.29 is 5.11 Å². The predicted octanol–water partition coefficient (Wildman–Crippen LogP) is 5.26. The molecule has 0 unspecified atom stereocenters. The van der Waals surface area contributed by atoms with Crippen LogP contribution in [0.3, 0.4) is 0 Å². The van der Waals surface area contributed by atoms with E-state index in [4.69, 9.17) is 0 Å². The Bertz CT molecular complexity index is 526. The quantitative estimate of drug-likeness (QED) is 0.700. The van der Waals surface area contributed by atoms with Crippen molar-refractivity contribution >= 4 is 0 Å². The monoisotopic (exact) mass is 300 g/mol. The number of aliphatic hydroxyl groups excluding tert-OH is 1. The summed E-state index contributed by atoms with van der Waals surface area (Å²) in [5, 5.41) is 10.1.